The summed E-state index contributed by atoms with van der Waals surface area (Å²) in [6, 6.07) is 3.93. The number of aromatic nitrogens is 1. The average molecular weight is 344 g/mol. The van der Waals surface area contributed by atoms with Gasteiger partial charge in [0.05, 0.1) is 0 Å². The Morgan fingerprint density at radius 3 is 2.42 bits per heavy atom. The second-order valence-corrected chi connectivity index (χ2v) is 6.73. The minimum atomic E-state index is -4.42. The van der Waals surface area contributed by atoms with Crippen LogP contribution >= 0.6 is 0 Å². The van der Waals surface area contributed by atoms with Crippen molar-refractivity contribution in [2.24, 2.45) is 0 Å². The standard InChI is InChI=1S/C17H23F3N2O2/c1-24-16(17(18,19)20)8-11-21(12-9-16)15(23)14-7-4-10-22(14)13-5-2-3-6-13/h4,7,10,13H,2-3,5-6,8-9,11-12H2,1H3. The number of halogens is 3. The summed E-state index contributed by atoms with van der Waals surface area (Å²) in [5.41, 5.74) is -1.55. The Labute approximate surface area is 139 Å². The summed E-state index contributed by atoms with van der Waals surface area (Å²) in [5, 5.41) is 0. The molecule has 7 heteroatoms. The Hall–Kier alpha value is -1.50. The molecule has 1 saturated heterocycles. The Morgan fingerprint density at radius 1 is 1.25 bits per heavy atom. The summed E-state index contributed by atoms with van der Waals surface area (Å²) in [4.78, 5) is 14.3. The van der Waals surface area contributed by atoms with Gasteiger partial charge in [-0.05, 0) is 25.0 Å². The highest BCUT2D eigenvalue weighted by molar-refractivity contribution is 5.93. The maximum atomic E-state index is 13.2. The van der Waals surface area contributed by atoms with E-state index in [9.17, 15) is 18.0 Å². The highest BCUT2D eigenvalue weighted by Gasteiger charge is 2.56. The SMILES string of the molecule is COC1(C(F)(F)F)CCN(C(=O)c2cccn2C2CCCC2)CC1. The summed E-state index contributed by atoms with van der Waals surface area (Å²) in [6.07, 6.45) is 1.46. The number of amides is 1. The first-order chi connectivity index (χ1) is 11.4. The van der Waals surface area contributed by atoms with Crippen LogP contribution in [0.1, 0.15) is 55.1 Å². The summed E-state index contributed by atoms with van der Waals surface area (Å²) in [6.45, 7) is 0.115. The van der Waals surface area contributed by atoms with Crippen LogP contribution in [0.15, 0.2) is 18.3 Å². The third kappa shape index (κ3) is 2.94. The minimum Gasteiger partial charge on any atom is -0.369 e. The fraction of sp³-hybridized carbons (Fsp3) is 0.706. The van der Waals surface area contributed by atoms with Crippen LogP contribution in [0.3, 0.4) is 0 Å². The molecule has 1 aromatic heterocycles. The van der Waals surface area contributed by atoms with E-state index in [0.29, 0.717) is 11.7 Å². The van der Waals surface area contributed by atoms with Gasteiger partial charge in [-0.2, -0.15) is 13.2 Å². The summed E-state index contributed by atoms with van der Waals surface area (Å²) in [7, 11) is 1.09. The first-order valence-corrected chi connectivity index (χ1v) is 8.46. The third-order valence-electron chi connectivity index (χ3n) is 5.48. The fourth-order valence-electron chi connectivity index (χ4n) is 3.91. The number of ether oxygens (including phenoxy) is 1. The lowest BCUT2D eigenvalue weighted by Gasteiger charge is -2.41. The molecule has 2 aliphatic rings. The molecule has 3 rings (SSSR count). The number of nitrogens with zero attached hydrogens (tertiary/aromatic N) is 2. The molecule has 0 bridgehead atoms. The molecule has 2 heterocycles. The largest absolute Gasteiger partial charge is 0.417 e. The zero-order chi connectivity index (χ0) is 17.4. The van der Waals surface area contributed by atoms with Gasteiger partial charge in [-0.25, -0.2) is 0 Å². The molecule has 0 spiro atoms. The van der Waals surface area contributed by atoms with Crippen molar-refractivity contribution in [2.75, 3.05) is 20.2 Å². The average Bonchev–Trinajstić information content (AvgIpc) is 3.23. The smallest absolute Gasteiger partial charge is 0.369 e. The number of alkyl halides is 3. The molecule has 1 aliphatic carbocycles. The van der Waals surface area contributed by atoms with Crippen molar-refractivity contribution in [1.82, 2.24) is 9.47 Å². The number of carbonyl (C=O) groups is 1. The lowest BCUT2D eigenvalue weighted by atomic mass is 9.90. The molecule has 0 unspecified atom stereocenters. The Balaban J connectivity index is 1.71. The highest BCUT2D eigenvalue weighted by atomic mass is 19.4. The highest BCUT2D eigenvalue weighted by Crippen LogP contribution is 2.41. The van der Waals surface area contributed by atoms with E-state index in [1.54, 1.807) is 6.07 Å². The number of hydrogen-bond acceptors (Lipinski definition) is 2. The molecule has 134 valence electrons. The van der Waals surface area contributed by atoms with E-state index in [-0.39, 0.29) is 31.8 Å². The molecule has 1 aliphatic heterocycles. The molecular formula is C17H23F3N2O2. The predicted octanol–water partition coefficient (Wildman–Crippen LogP) is 3.79. The van der Waals surface area contributed by atoms with Crippen LogP contribution in [-0.4, -0.2) is 47.4 Å². The van der Waals surface area contributed by atoms with E-state index in [4.69, 9.17) is 4.74 Å². The van der Waals surface area contributed by atoms with Gasteiger partial charge < -0.3 is 14.2 Å². The van der Waals surface area contributed by atoms with Crippen molar-refractivity contribution in [3.63, 3.8) is 0 Å². The molecule has 24 heavy (non-hydrogen) atoms. The van der Waals surface area contributed by atoms with Gasteiger partial charge in [0.25, 0.3) is 5.91 Å². The molecule has 0 radical (unpaired) electrons. The molecule has 2 fully saturated rings. The zero-order valence-corrected chi connectivity index (χ0v) is 13.8. The number of hydrogen-bond donors (Lipinski definition) is 0. The van der Waals surface area contributed by atoms with Crippen molar-refractivity contribution in [1.29, 1.82) is 0 Å². The lowest BCUT2D eigenvalue weighted by Crippen LogP contribution is -2.55. The Kier molecular flexibility index (Phi) is 4.64. The van der Waals surface area contributed by atoms with Crippen molar-refractivity contribution in [3.05, 3.63) is 24.0 Å². The number of piperidine rings is 1. The van der Waals surface area contributed by atoms with Gasteiger partial charge in [-0.1, -0.05) is 12.8 Å². The molecule has 1 saturated carbocycles. The van der Waals surface area contributed by atoms with Crippen LogP contribution in [0.5, 0.6) is 0 Å². The molecule has 0 N–H and O–H groups in total. The van der Waals surface area contributed by atoms with Gasteiger partial charge in [0.2, 0.25) is 0 Å². The predicted molar refractivity (Wildman–Crippen MR) is 82.9 cm³/mol. The van der Waals surface area contributed by atoms with Gasteiger partial charge in [-0.3, -0.25) is 4.79 Å². The lowest BCUT2D eigenvalue weighted by molar-refractivity contribution is -0.281. The first-order valence-electron chi connectivity index (χ1n) is 8.46. The summed E-state index contributed by atoms with van der Waals surface area (Å²) in [5.74, 6) is -0.182. The van der Waals surface area contributed by atoms with Crippen LogP contribution < -0.4 is 0 Å². The van der Waals surface area contributed by atoms with Crippen molar-refractivity contribution < 1.29 is 22.7 Å². The number of rotatable bonds is 3. The van der Waals surface area contributed by atoms with Crippen LogP contribution in [0.2, 0.25) is 0 Å². The topological polar surface area (TPSA) is 34.5 Å². The van der Waals surface area contributed by atoms with E-state index >= 15 is 0 Å². The first kappa shape index (κ1) is 17.3. The minimum absolute atomic E-state index is 0.0576. The van der Waals surface area contributed by atoms with E-state index in [1.165, 1.54) is 4.90 Å². The van der Waals surface area contributed by atoms with Gasteiger partial charge in [0.1, 0.15) is 5.69 Å². The maximum absolute atomic E-state index is 13.2. The maximum Gasteiger partial charge on any atom is 0.417 e. The third-order valence-corrected chi connectivity index (χ3v) is 5.48. The second-order valence-electron chi connectivity index (χ2n) is 6.73. The van der Waals surface area contributed by atoms with Crippen LogP contribution in [0.25, 0.3) is 0 Å². The molecule has 1 aromatic rings. The van der Waals surface area contributed by atoms with Crippen molar-refractivity contribution in [2.45, 2.75) is 56.3 Å². The molecular weight excluding hydrogens is 321 g/mol. The Bertz CT molecular complexity index is 583. The molecule has 1 amide bonds. The van der Waals surface area contributed by atoms with E-state index in [0.717, 1.165) is 32.8 Å². The summed E-state index contributed by atoms with van der Waals surface area (Å²) >= 11 is 0. The van der Waals surface area contributed by atoms with E-state index in [1.807, 2.05) is 16.8 Å². The van der Waals surface area contributed by atoms with Gasteiger partial charge in [-0.15, -0.1) is 0 Å². The number of likely N-dealkylation sites (tertiary alicyclic amines) is 1. The van der Waals surface area contributed by atoms with Gasteiger partial charge in [0.15, 0.2) is 5.60 Å². The van der Waals surface area contributed by atoms with Crippen molar-refractivity contribution in [3.8, 4) is 0 Å². The Morgan fingerprint density at radius 2 is 1.88 bits per heavy atom. The number of methoxy groups -OCH3 is 1. The summed E-state index contributed by atoms with van der Waals surface area (Å²) < 4.78 is 46.5. The fourth-order valence-corrected chi connectivity index (χ4v) is 3.91. The van der Waals surface area contributed by atoms with Crippen LogP contribution in [0.4, 0.5) is 13.2 Å². The van der Waals surface area contributed by atoms with Crippen molar-refractivity contribution >= 4 is 5.91 Å². The van der Waals surface area contributed by atoms with Gasteiger partial charge >= 0.3 is 6.18 Å². The quantitative estimate of drug-likeness (QED) is 0.836. The van der Waals surface area contributed by atoms with Crippen LogP contribution in [0, 0.1) is 0 Å². The van der Waals surface area contributed by atoms with E-state index in [2.05, 4.69) is 0 Å². The second kappa shape index (κ2) is 6.43. The monoisotopic (exact) mass is 344 g/mol. The molecule has 0 atom stereocenters. The van der Waals surface area contributed by atoms with Gasteiger partial charge in [0, 0.05) is 45.3 Å². The van der Waals surface area contributed by atoms with Crippen LogP contribution in [-0.2, 0) is 4.74 Å². The normalized spacial score (nSPS) is 22.1. The molecule has 0 aromatic carbocycles. The molecule has 4 nitrogen and oxygen atoms in total. The number of carbonyl (C=O) groups excluding carboxylic acids is 1. The zero-order valence-electron chi connectivity index (χ0n) is 13.8. The van der Waals surface area contributed by atoms with E-state index < -0.39 is 11.8 Å².